The smallest absolute Gasteiger partial charge is 0.247 e. The minimum absolute atomic E-state index is 0.0142. The Balaban J connectivity index is 1.74. The van der Waals surface area contributed by atoms with Crippen LogP contribution in [0.2, 0.25) is 0 Å². The first-order chi connectivity index (χ1) is 18.0. The number of amides is 3. The van der Waals surface area contributed by atoms with E-state index >= 15 is 0 Å². The number of carbonyl (C=O) groups excluding carboxylic acids is 3. The van der Waals surface area contributed by atoms with Crippen molar-refractivity contribution in [3.8, 4) is 0 Å². The van der Waals surface area contributed by atoms with E-state index in [0.29, 0.717) is 26.1 Å². The second-order valence-electron chi connectivity index (χ2n) is 11.3. The maximum atomic E-state index is 14.3. The topological polar surface area (TPSA) is 81.2 Å². The molecule has 7 nitrogen and oxygen atoms in total. The van der Waals surface area contributed by atoms with Crippen molar-refractivity contribution in [2.24, 2.45) is 11.8 Å². The van der Waals surface area contributed by atoms with Crippen LogP contribution < -0.4 is 0 Å². The highest BCUT2D eigenvalue weighted by molar-refractivity contribution is 9.09. The van der Waals surface area contributed by atoms with E-state index in [1.165, 1.54) is 0 Å². The minimum atomic E-state index is -0.763. The van der Waals surface area contributed by atoms with Crippen molar-refractivity contribution in [2.75, 3.05) is 26.2 Å². The van der Waals surface area contributed by atoms with E-state index in [1.807, 2.05) is 51.1 Å². The van der Waals surface area contributed by atoms with E-state index in [4.69, 9.17) is 0 Å². The number of alkyl halides is 1. The van der Waals surface area contributed by atoms with Crippen LogP contribution in [0.4, 0.5) is 0 Å². The largest absolute Gasteiger partial charge is 0.395 e. The Kier molecular flexibility index (Phi) is 8.50. The van der Waals surface area contributed by atoms with Crippen LogP contribution in [-0.4, -0.2) is 90.2 Å². The zero-order valence-corrected chi connectivity index (χ0v) is 24.8. The number of rotatable bonds is 10. The van der Waals surface area contributed by atoms with Gasteiger partial charge in [0.05, 0.1) is 23.2 Å². The fourth-order valence-corrected chi connectivity index (χ4v) is 10.0. The molecule has 0 saturated carbocycles. The van der Waals surface area contributed by atoms with Gasteiger partial charge in [0.1, 0.15) is 6.04 Å². The van der Waals surface area contributed by atoms with Crippen molar-refractivity contribution in [3.63, 3.8) is 0 Å². The Hall–Kier alpha value is -2.10. The molecule has 3 aliphatic rings. The van der Waals surface area contributed by atoms with Crippen molar-refractivity contribution >= 4 is 45.4 Å². The van der Waals surface area contributed by atoms with E-state index in [-0.39, 0.29) is 41.0 Å². The van der Waals surface area contributed by atoms with Crippen LogP contribution >= 0.6 is 27.7 Å². The molecule has 3 saturated heterocycles. The molecule has 1 aromatic carbocycles. The van der Waals surface area contributed by atoms with Crippen LogP contribution in [0.25, 0.3) is 0 Å². The van der Waals surface area contributed by atoms with Gasteiger partial charge in [-0.05, 0) is 32.8 Å². The molecule has 0 aliphatic carbocycles. The summed E-state index contributed by atoms with van der Waals surface area (Å²) >= 11 is 5.44. The molecule has 3 fully saturated rings. The summed E-state index contributed by atoms with van der Waals surface area (Å²) in [6.07, 6.45) is 4.01. The van der Waals surface area contributed by atoms with Crippen LogP contribution in [0.1, 0.15) is 32.8 Å². The Morgan fingerprint density at radius 1 is 1.18 bits per heavy atom. The van der Waals surface area contributed by atoms with Crippen LogP contribution in [0, 0.1) is 11.8 Å². The van der Waals surface area contributed by atoms with Crippen LogP contribution in [0.15, 0.2) is 55.6 Å². The van der Waals surface area contributed by atoms with E-state index in [1.54, 1.807) is 38.6 Å². The SMILES string of the molecule is C=CCN(Cc1ccccc1)C(=O)[C@H]1[C@H]2C(=O)N(CCO)C(C(=O)N(CC=C)C(C)(C)C)C23CC(Br)[C@@H]1S3. The molecule has 0 aromatic heterocycles. The number of hydrogen-bond donors (Lipinski definition) is 1. The van der Waals surface area contributed by atoms with E-state index < -0.39 is 28.2 Å². The molecule has 3 aliphatic heterocycles. The standard InChI is InChI=1S/C29H38BrN3O4S/c1-6-13-31(18-19-11-9-8-10-12-19)25(35)21-22-26(36)32(15-16-34)24(29(22)17-20(30)23(21)38-29)27(37)33(14-7-2)28(3,4)5/h6-12,20-24,34H,1-2,13-18H2,3-5H3/t20?,21-,22-,23-,24?,29?/m0/s1. The summed E-state index contributed by atoms with van der Waals surface area (Å²) in [5, 5.41) is 9.76. The summed E-state index contributed by atoms with van der Waals surface area (Å²) in [7, 11) is 0. The molecular formula is C29H38BrN3O4S. The number of thioether (sulfide) groups is 1. The zero-order chi connectivity index (χ0) is 27.8. The van der Waals surface area contributed by atoms with Gasteiger partial charge in [-0.25, -0.2) is 0 Å². The number of nitrogens with zero attached hydrogens (tertiary/aromatic N) is 3. The summed E-state index contributed by atoms with van der Waals surface area (Å²) < 4.78 is -0.750. The Morgan fingerprint density at radius 2 is 1.84 bits per heavy atom. The van der Waals surface area contributed by atoms with E-state index in [2.05, 4.69) is 29.1 Å². The summed E-state index contributed by atoms with van der Waals surface area (Å²) in [5.74, 6) is -1.67. The van der Waals surface area contributed by atoms with Gasteiger partial charge < -0.3 is 19.8 Å². The maximum Gasteiger partial charge on any atom is 0.247 e. The summed E-state index contributed by atoms with van der Waals surface area (Å²) in [4.78, 5) is 47.6. The number of aliphatic hydroxyl groups excluding tert-OH is 1. The third-order valence-electron chi connectivity index (χ3n) is 7.91. The third kappa shape index (κ3) is 4.86. The predicted molar refractivity (Wildman–Crippen MR) is 155 cm³/mol. The quantitative estimate of drug-likeness (QED) is 0.327. The lowest BCUT2D eigenvalue weighted by molar-refractivity contribution is -0.146. The monoisotopic (exact) mass is 603 g/mol. The average molecular weight is 605 g/mol. The molecule has 38 heavy (non-hydrogen) atoms. The van der Waals surface area contributed by atoms with E-state index in [9.17, 15) is 19.5 Å². The number of likely N-dealkylation sites (tertiary alicyclic amines) is 1. The average Bonchev–Trinajstić information content (AvgIpc) is 3.45. The molecule has 3 unspecified atom stereocenters. The predicted octanol–water partition coefficient (Wildman–Crippen LogP) is 3.47. The van der Waals surface area contributed by atoms with Gasteiger partial charge in [-0.1, -0.05) is 58.4 Å². The molecule has 3 heterocycles. The number of halogens is 1. The Morgan fingerprint density at radius 3 is 2.42 bits per heavy atom. The summed E-state index contributed by atoms with van der Waals surface area (Å²) in [5.41, 5.74) is 0.510. The van der Waals surface area contributed by atoms with Crippen LogP contribution in [0.5, 0.6) is 0 Å². The van der Waals surface area contributed by atoms with Gasteiger partial charge in [-0.15, -0.1) is 24.9 Å². The van der Waals surface area contributed by atoms with Gasteiger partial charge in [0.25, 0.3) is 0 Å². The molecule has 206 valence electrons. The second-order valence-corrected chi connectivity index (χ2v) is 14.0. The fraction of sp³-hybridized carbons (Fsp3) is 0.552. The molecule has 0 radical (unpaired) electrons. The van der Waals surface area contributed by atoms with Crippen molar-refractivity contribution in [3.05, 3.63) is 61.2 Å². The van der Waals surface area contributed by atoms with Gasteiger partial charge >= 0.3 is 0 Å². The van der Waals surface area contributed by atoms with Gasteiger partial charge in [0.15, 0.2) is 0 Å². The highest BCUT2D eigenvalue weighted by Crippen LogP contribution is 2.68. The highest BCUT2D eigenvalue weighted by Gasteiger charge is 2.76. The molecule has 4 rings (SSSR count). The molecular weight excluding hydrogens is 566 g/mol. The lowest BCUT2D eigenvalue weighted by Gasteiger charge is -2.42. The molecule has 6 atom stereocenters. The minimum Gasteiger partial charge on any atom is -0.395 e. The molecule has 9 heteroatoms. The number of β-amino-alcohol motifs (C(OH)–C–C–N with tert-alkyl or cyclic N) is 1. The lowest BCUT2D eigenvalue weighted by Crippen LogP contribution is -2.59. The van der Waals surface area contributed by atoms with Crippen molar-refractivity contribution < 1.29 is 19.5 Å². The van der Waals surface area contributed by atoms with Gasteiger partial charge in [-0.3, -0.25) is 14.4 Å². The molecule has 1 spiro atoms. The highest BCUT2D eigenvalue weighted by atomic mass is 79.9. The fourth-order valence-electron chi connectivity index (χ4n) is 6.41. The zero-order valence-electron chi connectivity index (χ0n) is 22.4. The Bertz CT molecular complexity index is 1090. The van der Waals surface area contributed by atoms with Crippen molar-refractivity contribution in [2.45, 2.75) is 60.1 Å². The second kappa shape index (κ2) is 11.2. The van der Waals surface area contributed by atoms with Crippen LogP contribution in [-0.2, 0) is 20.9 Å². The lowest BCUT2D eigenvalue weighted by atomic mass is 9.70. The maximum absolute atomic E-state index is 14.3. The first kappa shape index (κ1) is 28.9. The number of fused-ring (bicyclic) bond motifs is 1. The van der Waals surface area contributed by atoms with Gasteiger partial charge in [0, 0.05) is 41.8 Å². The molecule has 3 amide bonds. The third-order valence-corrected chi connectivity index (χ3v) is 11.1. The Labute approximate surface area is 238 Å². The van der Waals surface area contributed by atoms with E-state index in [0.717, 1.165) is 5.56 Å². The van der Waals surface area contributed by atoms with Gasteiger partial charge in [-0.2, -0.15) is 0 Å². The van der Waals surface area contributed by atoms with Crippen molar-refractivity contribution in [1.82, 2.24) is 14.7 Å². The van der Waals surface area contributed by atoms with Gasteiger partial charge in [0.2, 0.25) is 17.7 Å². The molecule has 1 aromatic rings. The summed E-state index contributed by atoms with van der Waals surface area (Å²) in [6.45, 7) is 14.5. The van der Waals surface area contributed by atoms with Crippen molar-refractivity contribution in [1.29, 1.82) is 0 Å². The first-order valence-corrected chi connectivity index (χ1v) is 14.9. The normalized spacial score (nSPS) is 29.8. The number of benzene rings is 1. The van der Waals surface area contributed by atoms with Crippen LogP contribution in [0.3, 0.4) is 0 Å². The molecule has 1 N–H and O–H groups in total. The molecule has 2 bridgehead atoms. The number of hydrogen-bond acceptors (Lipinski definition) is 5. The summed E-state index contributed by atoms with van der Waals surface area (Å²) in [6, 6.07) is 9.01. The number of aliphatic hydroxyl groups is 1. The first-order valence-electron chi connectivity index (χ1n) is 13.1. The number of carbonyl (C=O) groups is 3.